The first-order chi connectivity index (χ1) is 17.6. The van der Waals surface area contributed by atoms with Crippen molar-refractivity contribution >= 4 is 5.97 Å². The van der Waals surface area contributed by atoms with Gasteiger partial charge in [-0.3, -0.25) is 0 Å². The Kier molecular flexibility index (Phi) is 6.84. The van der Waals surface area contributed by atoms with Crippen molar-refractivity contribution in [2.24, 2.45) is 0 Å². The van der Waals surface area contributed by atoms with Gasteiger partial charge in [-0.15, -0.1) is 5.10 Å². The maximum Gasteiger partial charge on any atom is 0.342 e. The van der Waals surface area contributed by atoms with Crippen molar-refractivity contribution < 1.29 is 24.1 Å². The second kappa shape index (κ2) is 10.5. The van der Waals surface area contributed by atoms with Crippen molar-refractivity contribution in [1.29, 1.82) is 0 Å². The summed E-state index contributed by atoms with van der Waals surface area (Å²) in [6.07, 6.45) is 3.50. The lowest BCUT2D eigenvalue weighted by molar-refractivity contribution is 0.0234. The van der Waals surface area contributed by atoms with Gasteiger partial charge in [0.2, 0.25) is 0 Å². The number of carbonyl (C=O) groups excluding carboxylic acids is 1. The molecule has 3 aromatic carbocycles. The normalized spacial score (nSPS) is 14.7. The predicted molar refractivity (Wildman–Crippen MR) is 132 cm³/mol. The number of aromatic nitrogens is 3. The van der Waals surface area contributed by atoms with E-state index >= 15 is 0 Å². The summed E-state index contributed by atoms with van der Waals surface area (Å²) in [5.74, 6) is 0.615. The average Bonchev–Trinajstić information content (AvgIpc) is 3.34. The second-order valence-corrected chi connectivity index (χ2v) is 8.78. The van der Waals surface area contributed by atoms with E-state index in [1.807, 2.05) is 60.8 Å². The van der Waals surface area contributed by atoms with E-state index in [0.29, 0.717) is 36.4 Å². The molecule has 184 valence electrons. The number of aryl methyl sites for hydroxylation is 1. The Morgan fingerprint density at radius 1 is 1.06 bits per heavy atom. The molecule has 1 aliphatic rings. The number of hydrogen-bond donors (Lipinski definition) is 1. The van der Waals surface area contributed by atoms with Gasteiger partial charge in [-0.1, -0.05) is 47.7 Å². The number of aromatic hydroxyl groups is 1. The fourth-order valence-corrected chi connectivity index (χ4v) is 4.32. The number of cyclic esters (lactones) is 1. The van der Waals surface area contributed by atoms with Crippen LogP contribution in [0.1, 0.15) is 39.2 Å². The number of phenolic OH excluding ortho intramolecular Hbond substituents is 1. The molecule has 4 aromatic rings. The zero-order valence-corrected chi connectivity index (χ0v) is 20.0. The van der Waals surface area contributed by atoms with E-state index in [1.54, 1.807) is 17.9 Å². The number of methoxy groups -OCH3 is 1. The molecule has 0 spiro atoms. The molecule has 0 radical (unpaired) electrons. The van der Waals surface area contributed by atoms with Crippen LogP contribution in [0.15, 0.2) is 72.9 Å². The topological polar surface area (TPSA) is 95.7 Å². The van der Waals surface area contributed by atoms with Gasteiger partial charge in [0.15, 0.2) is 0 Å². The lowest BCUT2D eigenvalue weighted by Crippen LogP contribution is -2.28. The van der Waals surface area contributed by atoms with Crippen molar-refractivity contribution in [2.75, 3.05) is 7.11 Å². The molecule has 1 atom stereocenters. The van der Waals surface area contributed by atoms with Crippen LogP contribution in [0.5, 0.6) is 17.2 Å². The predicted octanol–water partition coefficient (Wildman–Crippen LogP) is 4.33. The SMILES string of the molecule is COc1ccc(CCC2Cc3cc(OCc4cn(Cc5ccccc5)nn4)cc(O)c3C(=O)O2)cc1. The van der Waals surface area contributed by atoms with E-state index in [0.717, 1.165) is 23.3 Å². The first kappa shape index (κ1) is 23.4. The molecule has 8 heteroatoms. The molecule has 2 heterocycles. The summed E-state index contributed by atoms with van der Waals surface area (Å²) in [6, 6.07) is 21.1. The van der Waals surface area contributed by atoms with Crippen LogP contribution in [0.2, 0.25) is 0 Å². The summed E-state index contributed by atoms with van der Waals surface area (Å²) >= 11 is 0. The van der Waals surface area contributed by atoms with Gasteiger partial charge in [-0.05, 0) is 47.7 Å². The minimum atomic E-state index is -0.510. The third-order valence-corrected chi connectivity index (χ3v) is 6.17. The molecular weight excluding hydrogens is 458 g/mol. The Hall–Kier alpha value is -4.33. The standard InChI is InChI=1S/C28H27N3O5/c1-34-23-10-7-19(8-11-23)9-12-24-13-21-14-25(15-26(32)27(21)28(33)36-24)35-18-22-17-31(30-29-22)16-20-5-3-2-4-6-20/h2-8,10-11,14-15,17,24,32H,9,12-13,16,18H2,1H3. The van der Waals surface area contributed by atoms with Crippen molar-refractivity contribution in [3.05, 3.63) is 101 Å². The maximum atomic E-state index is 12.6. The summed E-state index contributed by atoms with van der Waals surface area (Å²) in [4.78, 5) is 12.6. The minimum absolute atomic E-state index is 0.145. The average molecular weight is 486 g/mol. The van der Waals surface area contributed by atoms with E-state index in [4.69, 9.17) is 14.2 Å². The van der Waals surface area contributed by atoms with Crippen LogP contribution >= 0.6 is 0 Å². The molecule has 36 heavy (non-hydrogen) atoms. The summed E-state index contributed by atoms with van der Waals surface area (Å²) < 4.78 is 18.4. The molecule has 1 unspecified atom stereocenters. The Balaban J connectivity index is 1.21. The molecule has 0 aliphatic carbocycles. The second-order valence-electron chi connectivity index (χ2n) is 8.78. The third-order valence-electron chi connectivity index (χ3n) is 6.17. The van der Waals surface area contributed by atoms with Crippen LogP contribution in [-0.4, -0.2) is 39.3 Å². The number of ether oxygens (including phenoxy) is 3. The molecule has 1 aromatic heterocycles. The van der Waals surface area contributed by atoms with Gasteiger partial charge in [-0.25, -0.2) is 9.48 Å². The minimum Gasteiger partial charge on any atom is -0.507 e. The monoisotopic (exact) mass is 485 g/mol. The van der Waals surface area contributed by atoms with Crippen LogP contribution in [0.25, 0.3) is 0 Å². The number of fused-ring (bicyclic) bond motifs is 1. The highest BCUT2D eigenvalue weighted by Gasteiger charge is 2.29. The van der Waals surface area contributed by atoms with Gasteiger partial charge >= 0.3 is 5.97 Å². The van der Waals surface area contributed by atoms with Gasteiger partial charge in [-0.2, -0.15) is 0 Å². The van der Waals surface area contributed by atoms with Gasteiger partial charge in [0.05, 0.1) is 19.9 Å². The van der Waals surface area contributed by atoms with Crippen molar-refractivity contribution in [3.63, 3.8) is 0 Å². The van der Waals surface area contributed by atoms with Crippen LogP contribution < -0.4 is 9.47 Å². The highest BCUT2D eigenvalue weighted by Crippen LogP contribution is 2.34. The van der Waals surface area contributed by atoms with Crippen LogP contribution in [0.4, 0.5) is 0 Å². The quantitative estimate of drug-likeness (QED) is 0.353. The molecule has 0 amide bonds. The van der Waals surface area contributed by atoms with E-state index in [-0.39, 0.29) is 24.0 Å². The Morgan fingerprint density at radius 2 is 1.86 bits per heavy atom. The number of hydrogen-bond acceptors (Lipinski definition) is 7. The van der Waals surface area contributed by atoms with Crippen molar-refractivity contribution in [2.45, 2.75) is 38.5 Å². The van der Waals surface area contributed by atoms with Crippen molar-refractivity contribution in [1.82, 2.24) is 15.0 Å². The summed E-state index contributed by atoms with van der Waals surface area (Å²) in [5, 5.41) is 18.8. The number of nitrogens with zero attached hydrogens (tertiary/aromatic N) is 3. The molecule has 8 nitrogen and oxygen atoms in total. The van der Waals surface area contributed by atoms with Gasteiger partial charge in [0, 0.05) is 12.5 Å². The van der Waals surface area contributed by atoms with Crippen molar-refractivity contribution in [3.8, 4) is 17.2 Å². The smallest absolute Gasteiger partial charge is 0.342 e. The van der Waals surface area contributed by atoms with Gasteiger partial charge in [0.25, 0.3) is 0 Å². The van der Waals surface area contributed by atoms with E-state index in [2.05, 4.69) is 10.3 Å². The number of phenols is 1. The summed E-state index contributed by atoms with van der Waals surface area (Å²) in [5.41, 5.74) is 3.85. The molecule has 0 saturated heterocycles. The van der Waals surface area contributed by atoms with E-state index in [9.17, 15) is 9.90 Å². The van der Waals surface area contributed by atoms with Crippen LogP contribution in [0, 0.1) is 0 Å². The Labute approximate surface area is 209 Å². The van der Waals surface area contributed by atoms with Gasteiger partial charge < -0.3 is 19.3 Å². The molecular formula is C28H27N3O5. The van der Waals surface area contributed by atoms with Crippen LogP contribution in [0.3, 0.4) is 0 Å². The molecule has 5 rings (SSSR count). The Bertz CT molecular complexity index is 1340. The molecule has 0 bridgehead atoms. The molecule has 0 fully saturated rings. The fraction of sp³-hybridized carbons (Fsp3) is 0.250. The summed E-state index contributed by atoms with van der Waals surface area (Å²) in [7, 11) is 1.64. The molecule has 1 N–H and O–H groups in total. The fourth-order valence-electron chi connectivity index (χ4n) is 4.32. The number of esters is 1. The lowest BCUT2D eigenvalue weighted by Gasteiger charge is -2.25. The first-order valence-corrected chi connectivity index (χ1v) is 11.8. The van der Waals surface area contributed by atoms with E-state index in [1.165, 1.54) is 6.07 Å². The summed E-state index contributed by atoms with van der Waals surface area (Å²) in [6.45, 7) is 0.811. The lowest BCUT2D eigenvalue weighted by atomic mass is 9.94. The third kappa shape index (κ3) is 5.49. The highest BCUT2D eigenvalue weighted by atomic mass is 16.5. The number of benzene rings is 3. The van der Waals surface area contributed by atoms with E-state index < -0.39 is 5.97 Å². The molecule has 1 aliphatic heterocycles. The zero-order valence-electron chi connectivity index (χ0n) is 20.0. The van der Waals surface area contributed by atoms with Crippen LogP contribution in [-0.2, 0) is 30.7 Å². The molecule has 0 saturated carbocycles. The van der Waals surface area contributed by atoms with Gasteiger partial charge in [0.1, 0.15) is 41.2 Å². The first-order valence-electron chi connectivity index (χ1n) is 11.8. The largest absolute Gasteiger partial charge is 0.507 e. The number of rotatable bonds is 9. The highest BCUT2D eigenvalue weighted by molar-refractivity contribution is 5.95. The zero-order chi connectivity index (χ0) is 24.9. The maximum absolute atomic E-state index is 12.6. The number of carbonyl (C=O) groups is 1. The Morgan fingerprint density at radius 3 is 2.64 bits per heavy atom.